The number of carbonyl (C=O) groups excluding carboxylic acids is 1. The summed E-state index contributed by atoms with van der Waals surface area (Å²) in [6, 6.07) is 7.59. The second-order valence-corrected chi connectivity index (χ2v) is 10.9. The van der Waals surface area contributed by atoms with E-state index in [9.17, 15) is 4.79 Å². The number of piperidine rings is 1. The van der Waals surface area contributed by atoms with E-state index in [0.29, 0.717) is 72.7 Å². The SMILES string of the molecule is C=CC(=O)N1CCC(n2nc(-c3ccc(N)c(C=NCCOCCOC)c3)c(-c3c(Cl)c(C)cc(N)c3C=N)c2C)CC1. The predicted octanol–water partition coefficient (Wildman–Crippen LogP) is 5.08. The zero-order chi connectivity index (χ0) is 31.1. The molecule has 1 fully saturated rings. The standard InChI is InChI=1S/C32H40ClN7O3/c1-5-28(41)39-11-8-24(9-12-39)40-21(3)29(30-25(18-34)27(36)16-20(2)31(30)33)32(38-40)22-6-7-26(35)23(17-22)19-37-10-13-43-15-14-42-4/h5-7,16-19,24,34H,1,8-15,35-36H2,2-4H3. The minimum Gasteiger partial charge on any atom is -0.398 e. The van der Waals surface area contributed by atoms with Gasteiger partial charge in [0.15, 0.2) is 0 Å². The molecule has 2 heterocycles. The fraction of sp³-hybridized carbons (Fsp3) is 0.375. The quantitative estimate of drug-likeness (QED) is 0.114. The van der Waals surface area contributed by atoms with Crippen molar-refractivity contribution in [2.24, 2.45) is 4.99 Å². The van der Waals surface area contributed by atoms with Crippen LogP contribution in [0.25, 0.3) is 22.4 Å². The Bertz CT molecular complexity index is 1520. The number of nitrogens with zero attached hydrogens (tertiary/aromatic N) is 4. The first-order chi connectivity index (χ1) is 20.7. The molecule has 1 aromatic heterocycles. The van der Waals surface area contributed by atoms with Gasteiger partial charge in [0.1, 0.15) is 5.69 Å². The van der Waals surface area contributed by atoms with Crippen molar-refractivity contribution >= 4 is 41.3 Å². The largest absolute Gasteiger partial charge is 0.398 e. The van der Waals surface area contributed by atoms with Crippen LogP contribution >= 0.6 is 11.6 Å². The smallest absolute Gasteiger partial charge is 0.245 e. The molecule has 3 aromatic rings. The molecule has 1 saturated heterocycles. The number of rotatable bonds is 12. The van der Waals surface area contributed by atoms with E-state index in [1.165, 1.54) is 12.3 Å². The van der Waals surface area contributed by atoms with Crippen LogP contribution in [0.3, 0.4) is 0 Å². The Hall–Kier alpha value is -3.99. The van der Waals surface area contributed by atoms with Crippen molar-refractivity contribution in [3.8, 4) is 22.4 Å². The molecule has 0 atom stereocenters. The van der Waals surface area contributed by atoms with Gasteiger partial charge in [0.25, 0.3) is 0 Å². The van der Waals surface area contributed by atoms with Crippen LogP contribution in [-0.4, -0.2) is 79.6 Å². The highest BCUT2D eigenvalue weighted by molar-refractivity contribution is 6.35. The third-order valence-electron chi connectivity index (χ3n) is 7.75. The third-order valence-corrected chi connectivity index (χ3v) is 8.23. The second-order valence-electron chi connectivity index (χ2n) is 10.5. The molecule has 5 N–H and O–H groups in total. The molecule has 1 aliphatic heterocycles. The Balaban J connectivity index is 1.79. The van der Waals surface area contributed by atoms with Gasteiger partial charge >= 0.3 is 0 Å². The Morgan fingerprint density at radius 2 is 1.91 bits per heavy atom. The van der Waals surface area contributed by atoms with Crippen LogP contribution in [-0.2, 0) is 14.3 Å². The normalized spacial score (nSPS) is 14.0. The molecule has 43 heavy (non-hydrogen) atoms. The first-order valence-electron chi connectivity index (χ1n) is 14.3. The highest BCUT2D eigenvalue weighted by atomic mass is 35.5. The molecule has 0 saturated carbocycles. The van der Waals surface area contributed by atoms with Crippen LogP contribution in [0.15, 0.2) is 41.9 Å². The van der Waals surface area contributed by atoms with Crippen molar-refractivity contribution < 1.29 is 14.3 Å². The van der Waals surface area contributed by atoms with Crippen LogP contribution in [0.1, 0.15) is 41.3 Å². The number of amides is 1. The maximum Gasteiger partial charge on any atom is 0.245 e. The summed E-state index contributed by atoms with van der Waals surface area (Å²) in [6.45, 7) is 10.8. The number of halogens is 1. The zero-order valence-corrected chi connectivity index (χ0v) is 25.8. The summed E-state index contributed by atoms with van der Waals surface area (Å²) in [7, 11) is 1.64. The first kappa shape index (κ1) is 31.9. The van der Waals surface area contributed by atoms with Gasteiger partial charge in [0, 0.05) is 77.5 Å². The molecule has 4 rings (SSSR count). The zero-order valence-electron chi connectivity index (χ0n) is 25.0. The summed E-state index contributed by atoms with van der Waals surface area (Å²) >= 11 is 6.96. The molecule has 1 amide bonds. The molecule has 0 aliphatic carbocycles. The number of anilines is 2. The number of nitrogens with one attached hydrogen (secondary N) is 1. The number of ether oxygens (including phenoxy) is 2. The van der Waals surface area contributed by atoms with Gasteiger partial charge in [-0.05, 0) is 56.5 Å². The lowest BCUT2D eigenvalue weighted by atomic mass is 9.92. The molecular formula is C32H40ClN7O3. The van der Waals surface area contributed by atoms with Crippen molar-refractivity contribution in [1.29, 1.82) is 5.41 Å². The summed E-state index contributed by atoms with van der Waals surface area (Å²) in [4.78, 5) is 18.5. The van der Waals surface area contributed by atoms with Crippen LogP contribution in [0.4, 0.5) is 11.4 Å². The summed E-state index contributed by atoms with van der Waals surface area (Å²) in [5, 5.41) is 13.9. The van der Waals surface area contributed by atoms with Gasteiger partial charge in [-0.25, -0.2) is 0 Å². The van der Waals surface area contributed by atoms with Gasteiger partial charge in [0.05, 0.1) is 37.4 Å². The number of hydrogen-bond donors (Lipinski definition) is 3. The molecular weight excluding hydrogens is 566 g/mol. The highest BCUT2D eigenvalue weighted by Crippen LogP contribution is 2.44. The Labute approximate surface area is 257 Å². The van der Waals surface area contributed by atoms with E-state index in [1.54, 1.807) is 19.4 Å². The molecule has 0 spiro atoms. The molecule has 10 nitrogen and oxygen atoms in total. The Morgan fingerprint density at radius 1 is 1.16 bits per heavy atom. The maximum absolute atomic E-state index is 12.2. The number of benzene rings is 2. The lowest BCUT2D eigenvalue weighted by molar-refractivity contribution is -0.127. The topological polar surface area (TPSA) is 145 Å². The van der Waals surface area contributed by atoms with Crippen LogP contribution in [0.5, 0.6) is 0 Å². The van der Waals surface area contributed by atoms with E-state index in [1.807, 2.05) is 41.6 Å². The predicted molar refractivity (Wildman–Crippen MR) is 174 cm³/mol. The van der Waals surface area contributed by atoms with E-state index in [0.717, 1.165) is 40.8 Å². The first-order valence-corrected chi connectivity index (χ1v) is 14.7. The van der Waals surface area contributed by atoms with E-state index in [4.69, 9.17) is 43.0 Å². The van der Waals surface area contributed by atoms with E-state index in [2.05, 4.69) is 11.6 Å². The summed E-state index contributed by atoms with van der Waals surface area (Å²) in [6.07, 6.45) is 5.83. The average Bonchev–Trinajstić information content (AvgIpc) is 3.35. The summed E-state index contributed by atoms with van der Waals surface area (Å²) in [5.41, 5.74) is 19.8. The number of likely N-dealkylation sites (tertiary alicyclic amines) is 1. The minimum atomic E-state index is -0.0627. The molecule has 0 unspecified atom stereocenters. The van der Waals surface area contributed by atoms with Crippen LogP contribution in [0.2, 0.25) is 5.02 Å². The monoisotopic (exact) mass is 605 g/mol. The Morgan fingerprint density at radius 3 is 2.58 bits per heavy atom. The van der Waals surface area contributed by atoms with Crippen molar-refractivity contribution in [3.63, 3.8) is 0 Å². The Kier molecular flexibility index (Phi) is 10.7. The number of aryl methyl sites for hydroxylation is 1. The van der Waals surface area contributed by atoms with Gasteiger partial charge < -0.3 is 31.3 Å². The number of methoxy groups -OCH3 is 1. The summed E-state index contributed by atoms with van der Waals surface area (Å²) in [5.74, 6) is -0.0627. The van der Waals surface area contributed by atoms with Gasteiger partial charge in [-0.2, -0.15) is 5.10 Å². The van der Waals surface area contributed by atoms with Gasteiger partial charge in [-0.1, -0.05) is 24.2 Å². The highest BCUT2D eigenvalue weighted by Gasteiger charge is 2.29. The van der Waals surface area contributed by atoms with Crippen LogP contribution < -0.4 is 11.5 Å². The average molecular weight is 606 g/mol. The second kappa shape index (κ2) is 14.5. The lowest BCUT2D eigenvalue weighted by Crippen LogP contribution is -2.38. The lowest BCUT2D eigenvalue weighted by Gasteiger charge is -2.32. The van der Waals surface area contributed by atoms with Crippen molar-refractivity contribution in [1.82, 2.24) is 14.7 Å². The number of aliphatic imine (C=N–C) groups is 1. The van der Waals surface area contributed by atoms with Crippen molar-refractivity contribution in [2.75, 3.05) is 58.0 Å². The molecule has 0 radical (unpaired) electrons. The molecule has 0 bridgehead atoms. The molecule has 2 aromatic carbocycles. The number of carbonyl (C=O) groups is 1. The molecule has 1 aliphatic rings. The molecule has 228 valence electrons. The van der Waals surface area contributed by atoms with Crippen molar-refractivity contribution in [3.05, 3.63) is 64.3 Å². The number of hydrogen-bond acceptors (Lipinski definition) is 8. The number of nitrogen functional groups attached to an aromatic ring is 2. The number of aromatic nitrogens is 2. The number of nitrogens with two attached hydrogens (primary N) is 2. The molecule has 11 heteroatoms. The third kappa shape index (κ3) is 6.98. The van der Waals surface area contributed by atoms with E-state index in [-0.39, 0.29) is 11.9 Å². The maximum atomic E-state index is 12.2. The van der Waals surface area contributed by atoms with E-state index < -0.39 is 0 Å². The van der Waals surface area contributed by atoms with E-state index >= 15 is 0 Å². The van der Waals surface area contributed by atoms with Gasteiger partial charge in [0.2, 0.25) is 5.91 Å². The van der Waals surface area contributed by atoms with Gasteiger partial charge in [-0.15, -0.1) is 0 Å². The fourth-order valence-electron chi connectivity index (χ4n) is 5.43. The van der Waals surface area contributed by atoms with Crippen LogP contribution in [0, 0.1) is 19.3 Å². The minimum absolute atomic E-state index is 0.0627. The summed E-state index contributed by atoms with van der Waals surface area (Å²) < 4.78 is 12.5. The van der Waals surface area contributed by atoms with Crippen molar-refractivity contribution in [2.45, 2.75) is 32.7 Å². The fourth-order valence-corrected chi connectivity index (χ4v) is 5.68. The van der Waals surface area contributed by atoms with Gasteiger partial charge in [-0.3, -0.25) is 14.5 Å².